The largest absolute Gasteiger partial charge is 0.495 e. The summed E-state index contributed by atoms with van der Waals surface area (Å²) in [6.07, 6.45) is 3.64. The van der Waals surface area contributed by atoms with Crippen molar-refractivity contribution in [1.82, 2.24) is 10.3 Å². The maximum atomic E-state index is 5.19. The van der Waals surface area contributed by atoms with Crippen molar-refractivity contribution in [2.24, 2.45) is 0 Å². The number of aromatic nitrogens is 1. The maximum absolute atomic E-state index is 5.19. The minimum Gasteiger partial charge on any atom is -0.495 e. The lowest BCUT2D eigenvalue weighted by atomic mass is 10.1. The van der Waals surface area contributed by atoms with Gasteiger partial charge >= 0.3 is 0 Å². The molecule has 0 aromatic carbocycles. The van der Waals surface area contributed by atoms with Crippen LogP contribution in [-0.2, 0) is 0 Å². The Hall–Kier alpha value is -0.740. The third-order valence-electron chi connectivity index (χ3n) is 2.31. The van der Waals surface area contributed by atoms with E-state index in [1.165, 1.54) is 5.56 Å². The van der Waals surface area contributed by atoms with Gasteiger partial charge < -0.3 is 10.1 Å². The number of thioether (sulfide) groups is 1. The number of pyridine rings is 1. The number of nitrogens with one attached hydrogen (secondary N) is 1. The van der Waals surface area contributed by atoms with E-state index in [1.807, 2.05) is 18.0 Å². The molecule has 1 aromatic rings. The normalized spacial score (nSPS) is 12.4. The van der Waals surface area contributed by atoms with E-state index in [0.29, 0.717) is 6.04 Å². The second-order valence-corrected chi connectivity index (χ2v) is 4.75. The lowest BCUT2D eigenvalue weighted by Gasteiger charge is -2.17. The zero-order valence-electron chi connectivity index (χ0n) is 10.2. The molecule has 0 saturated carbocycles. The fourth-order valence-corrected chi connectivity index (χ4v) is 2.27. The van der Waals surface area contributed by atoms with E-state index >= 15 is 0 Å². The SMILES string of the molecule is CCNC(CSCC)c1cncc(OC)c1. The standard InChI is InChI=1S/C12H20N2OS/c1-4-14-12(9-16-5-2)10-6-11(15-3)8-13-7-10/h6-8,12,14H,4-5,9H2,1-3H3. The smallest absolute Gasteiger partial charge is 0.137 e. The molecule has 1 atom stereocenters. The number of rotatable bonds is 7. The third kappa shape index (κ3) is 4.02. The van der Waals surface area contributed by atoms with Crippen LogP contribution < -0.4 is 10.1 Å². The van der Waals surface area contributed by atoms with Crippen molar-refractivity contribution in [2.45, 2.75) is 19.9 Å². The molecule has 3 nitrogen and oxygen atoms in total. The average Bonchev–Trinajstić information content (AvgIpc) is 2.34. The zero-order valence-corrected chi connectivity index (χ0v) is 11.0. The second kappa shape index (κ2) is 7.52. The lowest BCUT2D eigenvalue weighted by molar-refractivity contribution is 0.411. The summed E-state index contributed by atoms with van der Waals surface area (Å²) in [7, 11) is 1.67. The van der Waals surface area contributed by atoms with E-state index in [9.17, 15) is 0 Å². The number of hydrogen-bond donors (Lipinski definition) is 1. The molecule has 1 heterocycles. The molecule has 0 aliphatic rings. The first-order valence-electron chi connectivity index (χ1n) is 5.61. The van der Waals surface area contributed by atoms with Crippen molar-refractivity contribution in [1.29, 1.82) is 0 Å². The first-order chi connectivity index (χ1) is 7.81. The number of methoxy groups -OCH3 is 1. The minimum atomic E-state index is 0.359. The average molecular weight is 240 g/mol. The highest BCUT2D eigenvalue weighted by Gasteiger charge is 2.10. The van der Waals surface area contributed by atoms with Gasteiger partial charge in [0.05, 0.1) is 13.3 Å². The Morgan fingerprint density at radius 2 is 2.25 bits per heavy atom. The van der Waals surface area contributed by atoms with Gasteiger partial charge in [-0.05, 0) is 23.9 Å². The minimum absolute atomic E-state index is 0.359. The molecule has 1 unspecified atom stereocenters. The molecule has 1 rings (SSSR count). The summed E-state index contributed by atoms with van der Waals surface area (Å²) in [5.74, 6) is 3.03. The highest BCUT2D eigenvalue weighted by molar-refractivity contribution is 7.99. The molecule has 0 aliphatic carbocycles. The van der Waals surface area contributed by atoms with E-state index < -0.39 is 0 Å². The van der Waals surface area contributed by atoms with Crippen LogP contribution in [0.15, 0.2) is 18.5 Å². The fraction of sp³-hybridized carbons (Fsp3) is 0.583. The van der Waals surface area contributed by atoms with Gasteiger partial charge in [0.15, 0.2) is 0 Å². The van der Waals surface area contributed by atoms with Crippen molar-refractivity contribution in [2.75, 3.05) is 25.2 Å². The molecule has 0 fully saturated rings. The number of hydrogen-bond acceptors (Lipinski definition) is 4. The van der Waals surface area contributed by atoms with E-state index in [-0.39, 0.29) is 0 Å². The first kappa shape index (κ1) is 13.3. The quantitative estimate of drug-likeness (QED) is 0.794. The number of nitrogens with zero attached hydrogens (tertiary/aromatic N) is 1. The fourth-order valence-electron chi connectivity index (χ4n) is 1.49. The van der Waals surface area contributed by atoms with Gasteiger partial charge in [0.2, 0.25) is 0 Å². The molecule has 16 heavy (non-hydrogen) atoms. The molecule has 0 aliphatic heterocycles. The van der Waals surface area contributed by atoms with Gasteiger partial charge in [0, 0.05) is 18.0 Å². The molecule has 1 N–H and O–H groups in total. The number of ether oxygens (including phenoxy) is 1. The molecule has 0 radical (unpaired) electrons. The first-order valence-corrected chi connectivity index (χ1v) is 6.77. The third-order valence-corrected chi connectivity index (χ3v) is 3.29. The van der Waals surface area contributed by atoms with Crippen LogP contribution in [0.3, 0.4) is 0 Å². The highest BCUT2D eigenvalue weighted by atomic mass is 32.2. The van der Waals surface area contributed by atoms with Crippen molar-refractivity contribution >= 4 is 11.8 Å². The summed E-state index contributed by atoms with van der Waals surface area (Å²) in [5, 5.41) is 3.47. The predicted octanol–water partition coefficient (Wildman–Crippen LogP) is 2.49. The summed E-state index contributed by atoms with van der Waals surface area (Å²) >= 11 is 1.93. The van der Waals surface area contributed by atoms with Crippen LogP contribution in [0.4, 0.5) is 0 Å². The molecule has 1 aromatic heterocycles. The summed E-state index contributed by atoms with van der Waals surface area (Å²) in [5.41, 5.74) is 1.20. The molecule has 0 saturated heterocycles. The zero-order chi connectivity index (χ0) is 11.8. The van der Waals surface area contributed by atoms with Gasteiger partial charge in [-0.1, -0.05) is 13.8 Å². The Balaban J connectivity index is 2.73. The molecular formula is C12H20N2OS. The van der Waals surface area contributed by atoms with Gasteiger partial charge in [-0.2, -0.15) is 11.8 Å². The van der Waals surface area contributed by atoms with Crippen LogP contribution >= 0.6 is 11.8 Å². The molecular weight excluding hydrogens is 220 g/mol. The summed E-state index contributed by atoms with van der Waals surface area (Å²) < 4.78 is 5.19. The maximum Gasteiger partial charge on any atom is 0.137 e. The molecule has 0 amide bonds. The Morgan fingerprint density at radius 1 is 1.44 bits per heavy atom. The van der Waals surface area contributed by atoms with Crippen LogP contribution in [0.5, 0.6) is 5.75 Å². The Kier molecular flexibility index (Phi) is 6.26. The summed E-state index contributed by atoms with van der Waals surface area (Å²) in [6.45, 7) is 5.26. The Bertz CT molecular complexity index is 307. The van der Waals surface area contributed by atoms with Crippen molar-refractivity contribution in [3.05, 3.63) is 24.0 Å². The van der Waals surface area contributed by atoms with Gasteiger partial charge in [-0.25, -0.2) is 0 Å². The summed E-state index contributed by atoms with van der Waals surface area (Å²) in [4.78, 5) is 4.19. The van der Waals surface area contributed by atoms with Gasteiger partial charge in [0.1, 0.15) is 5.75 Å². The Labute approximate surface area is 102 Å². The molecule has 0 spiro atoms. The monoisotopic (exact) mass is 240 g/mol. The molecule has 0 bridgehead atoms. The van der Waals surface area contributed by atoms with E-state index in [1.54, 1.807) is 13.3 Å². The van der Waals surface area contributed by atoms with Crippen LogP contribution in [0.2, 0.25) is 0 Å². The van der Waals surface area contributed by atoms with Gasteiger partial charge in [-0.15, -0.1) is 0 Å². The predicted molar refractivity (Wildman–Crippen MR) is 70.2 cm³/mol. The van der Waals surface area contributed by atoms with E-state index in [0.717, 1.165) is 23.8 Å². The van der Waals surface area contributed by atoms with Crippen molar-refractivity contribution in [3.8, 4) is 5.75 Å². The van der Waals surface area contributed by atoms with Crippen LogP contribution in [0.1, 0.15) is 25.5 Å². The van der Waals surface area contributed by atoms with Crippen molar-refractivity contribution in [3.63, 3.8) is 0 Å². The van der Waals surface area contributed by atoms with Crippen LogP contribution in [0.25, 0.3) is 0 Å². The van der Waals surface area contributed by atoms with Crippen LogP contribution in [-0.4, -0.2) is 30.1 Å². The summed E-state index contributed by atoms with van der Waals surface area (Å²) in [6, 6.07) is 2.41. The molecule has 90 valence electrons. The van der Waals surface area contributed by atoms with Crippen LogP contribution in [0, 0.1) is 0 Å². The van der Waals surface area contributed by atoms with E-state index in [4.69, 9.17) is 4.74 Å². The highest BCUT2D eigenvalue weighted by Crippen LogP contribution is 2.21. The Morgan fingerprint density at radius 3 is 2.88 bits per heavy atom. The van der Waals surface area contributed by atoms with Gasteiger partial charge in [0.25, 0.3) is 0 Å². The molecule has 4 heteroatoms. The second-order valence-electron chi connectivity index (χ2n) is 3.43. The lowest BCUT2D eigenvalue weighted by Crippen LogP contribution is -2.23. The van der Waals surface area contributed by atoms with Crippen molar-refractivity contribution < 1.29 is 4.74 Å². The van der Waals surface area contributed by atoms with E-state index in [2.05, 4.69) is 30.2 Å². The van der Waals surface area contributed by atoms with Gasteiger partial charge in [-0.3, -0.25) is 4.98 Å². The topological polar surface area (TPSA) is 34.2 Å².